The molecule has 0 bridgehead atoms. The Kier molecular flexibility index (Phi) is 4.70. The quantitative estimate of drug-likeness (QED) is 0.711. The van der Waals surface area contributed by atoms with E-state index in [4.69, 9.17) is 0 Å². The Morgan fingerprint density at radius 1 is 1.22 bits per heavy atom. The lowest BCUT2D eigenvalue weighted by molar-refractivity contribution is 0.0697. The molecule has 0 amide bonds. The number of halogens is 1. The zero-order valence-corrected chi connectivity index (χ0v) is 15.6. The monoisotopic (exact) mass is 368 g/mol. The van der Waals surface area contributed by atoms with Gasteiger partial charge in [-0.05, 0) is 36.8 Å². The Morgan fingerprint density at radius 2 is 1.96 bits per heavy atom. The fraction of sp³-hybridized carbons (Fsp3) is 0.250. The third kappa shape index (κ3) is 3.81. The van der Waals surface area contributed by atoms with Gasteiger partial charge in [0.1, 0.15) is 23.0 Å². The fourth-order valence-corrected chi connectivity index (χ4v) is 2.63. The summed E-state index contributed by atoms with van der Waals surface area (Å²) in [4.78, 5) is 15.6. The van der Waals surface area contributed by atoms with Crippen molar-refractivity contribution < 1.29 is 14.3 Å². The van der Waals surface area contributed by atoms with Gasteiger partial charge in [0.25, 0.3) is 0 Å². The number of hydrogen-bond donors (Lipinski definition) is 2. The highest BCUT2D eigenvalue weighted by Gasteiger charge is 2.22. The zero-order chi connectivity index (χ0) is 19.8. The van der Waals surface area contributed by atoms with Crippen molar-refractivity contribution in [1.29, 1.82) is 0 Å². The molecule has 1 aromatic carbocycles. The lowest BCUT2D eigenvalue weighted by Gasteiger charge is -2.14. The third-order valence-electron chi connectivity index (χ3n) is 4.16. The van der Waals surface area contributed by atoms with Crippen LogP contribution in [0.15, 0.2) is 42.6 Å². The third-order valence-corrected chi connectivity index (χ3v) is 4.16. The summed E-state index contributed by atoms with van der Waals surface area (Å²) in [5.74, 6) is -0.761. The minimum Gasteiger partial charge on any atom is -0.478 e. The Balaban J connectivity index is 2.16. The van der Waals surface area contributed by atoms with Crippen LogP contribution in [-0.4, -0.2) is 25.8 Å². The van der Waals surface area contributed by atoms with E-state index < -0.39 is 5.97 Å². The summed E-state index contributed by atoms with van der Waals surface area (Å²) in [5, 5.41) is 17.1. The Morgan fingerprint density at radius 3 is 2.63 bits per heavy atom. The molecule has 0 radical (unpaired) electrons. The normalized spacial score (nSPS) is 11.4. The number of aromatic carboxylic acids is 1. The van der Waals surface area contributed by atoms with Crippen molar-refractivity contribution in [3.63, 3.8) is 0 Å². The van der Waals surface area contributed by atoms with Crippen molar-refractivity contribution in [2.45, 2.75) is 33.1 Å². The van der Waals surface area contributed by atoms with Crippen LogP contribution in [0.2, 0.25) is 0 Å². The zero-order valence-electron chi connectivity index (χ0n) is 15.6. The number of nitrogens with one attached hydrogen (secondary N) is 1. The van der Waals surface area contributed by atoms with Gasteiger partial charge >= 0.3 is 5.97 Å². The van der Waals surface area contributed by atoms with Gasteiger partial charge in [-0.2, -0.15) is 5.10 Å². The van der Waals surface area contributed by atoms with Gasteiger partial charge in [-0.3, -0.25) is 0 Å². The first-order valence-corrected chi connectivity index (χ1v) is 8.49. The molecule has 2 N–H and O–H groups in total. The van der Waals surface area contributed by atoms with Gasteiger partial charge in [-0.15, -0.1) is 0 Å². The number of pyridine rings is 1. The van der Waals surface area contributed by atoms with Gasteiger partial charge in [-0.1, -0.05) is 26.8 Å². The van der Waals surface area contributed by atoms with Crippen molar-refractivity contribution in [3.05, 3.63) is 65.2 Å². The van der Waals surface area contributed by atoms with E-state index in [2.05, 4.69) is 15.4 Å². The number of carboxylic acid groups (broad SMARTS) is 1. The van der Waals surface area contributed by atoms with E-state index in [1.807, 2.05) is 33.8 Å². The van der Waals surface area contributed by atoms with Gasteiger partial charge in [0.2, 0.25) is 0 Å². The number of hydrogen-bond acceptors (Lipinski definition) is 4. The molecule has 2 heterocycles. The highest BCUT2D eigenvalue weighted by atomic mass is 19.1. The average Bonchev–Trinajstić information content (AvgIpc) is 3.01. The number of benzene rings is 1. The Hall–Kier alpha value is -3.22. The maximum atomic E-state index is 13.9. The van der Waals surface area contributed by atoms with Crippen LogP contribution < -0.4 is 5.32 Å². The van der Waals surface area contributed by atoms with Crippen LogP contribution >= 0.6 is 0 Å². The van der Waals surface area contributed by atoms with Crippen LogP contribution in [0.3, 0.4) is 0 Å². The highest BCUT2D eigenvalue weighted by Crippen LogP contribution is 2.29. The standard InChI is InChI=1S/C20H21FN4O2/c1-12-7-8-13(21)10-15(12)25-17(11-16(24-25)20(2,3)4)23-18-14(19(26)27)6-5-9-22-18/h5-11H,1-4H3,(H,22,23)(H,26,27). The van der Waals surface area contributed by atoms with Crippen LogP contribution in [0.5, 0.6) is 0 Å². The maximum absolute atomic E-state index is 13.9. The van der Waals surface area contributed by atoms with Gasteiger partial charge in [-0.25, -0.2) is 18.9 Å². The Labute approximate surface area is 156 Å². The Bertz CT molecular complexity index is 1010. The van der Waals surface area contributed by atoms with Gasteiger partial charge in [0.15, 0.2) is 0 Å². The molecule has 7 heteroatoms. The molecule has 0 fully saturated rings. The number of carbonyl (C=O) groups is 1. The van der Waals surface area contributed by atoms with Gasteiger partial charge in [0, 0.05) is 17.7 Å². The molecule has 27 heavy (non-hydrogen) atoms. The second-order valence-electron chi connectivity index (χ2n) is 7.34. The number of aryl methyl sites for hydroxylation is 1. The smallest absolute Gasteiger partial charge is 0.339 e. The number of rotatable bonds is 4. The van der Waals surface area contributed by atoms with E-state index in [0.717, 1.165) is 11.3 Å². The van der Waals surface area contributed by atoms with E-state index in [0.29, 0.717) is 11.5 Å². The number of aromatic nitrogens is 3. The first kappa shape index (κ1) is 18.6. The molecule has 0 saturated carbocycles. The molecule has 0 aliphatic heterocycles. The van der Waals surface area contributed by atoms with Gasteiger partial charge in [0.05, 0.1) is 11.4 Å². The van der Waals surface area contributed by atoms with Crippen molar-refractivity contribution in [2.24, 2.45) is 0 Å². The van der Waals surface area contributed by atoms with Crippen molar-refractivity contribution in [3.8, 4) is 5.69 Å². The van der Waals surface area contributed by atoms with Crippen molar-refractivity contribution in [2.75, 3.05) is 5.32 Å². The summed E-state index contributed by atoms with van der Waals surface area (Å²) in [6, 6.07) is 9.32. The lowest BCUT2D eigenvalue weighted by atomic mass is 9.92. The van der Waals surface area contributed by atoms with Crippen molar-refractivity contribution >= 4 is 17.6 Å². The summed E-state index contributed by atoms with van der Waals surface area (Å²) in [6.45, 7) is 7.92. The number of anilines is 2. The molecule has 2 aromatic heterocycles. The van der Waals surface area contributed by atoms with Crippen molar-refractivity contribution in [1.82, 2.24) is 14.8 Å². The molecule has 0 unspecified atom stereocenters. The largest absolute Gasteiger partial charge is 0.478 e. The summed E-state index contributed by atoms with van der Waals surface area (Å²) in [7, 11) is 0. The highest BCUT2D eigenvalue weighted by molar-refractivity contribution is 5.93. The van der Waals surface area contributed by atoms with Crippen LogP contribution in [0.25, 0.3) is 5.69 Å². The molecule has 3 aromatic rings. The summed E-state index contributed by atoms with van der Waals surface area (Å²) in [6.07, 6.45) is 1.51. The van der Waals surface area contributed by atoms with E-state index >= 15 is 0 Å². The molecular weight excluding hydrogens is 347 g/mol. The molecule has 0 atom stereocenters. The predicted molar refractivity (Wildman–Crippen MR) is 101 cm³/mol. The summed E-state index contributed by atoms with van der Waals surface area (Å²) < 4.78 is 15.4. The molecule has 6 nitrogen and oxygen atoms in total. The molecule has 3 rings (SSSR count). The van der Waals surface area contributed by atoms with E-state index in [9.17, 15) is 14.3 Å². The molecular formula is C20H21FN4O2. The van der Waals surface area contributed by atoms with E-state index in [1.54, 1.807) is 16.8 Å². The number of nitrogens with zero attached hydrogens (tertiary/aromatic N) is 3. The molecule has 140 valence electrons. The first-order valence-electron chi connectivity index (χ1n) is 8.49. The van der Waals surface area contributed by atoms with Crippen LogP contribution in [0, 0.1) is 12.7 Å². The minimum absolute atomic E-state index is 0.0403. The lowest BCUT2D eigenvalue weighted by Crippen LogP contribution is -2.13. The number of carboxylic acids is 1. The van der Waals surface area contributed by atoms with Crippen LogP contribution in [0.4, 0.5) is 16.0 Å². The van der Waals surface area contributed by atoms with Crippen LogP contribution in [-0.2, 0) is 5.41 Å². The van der Waals surface area contributed by atoms with E-state index in [-0.39, 0.29) is 22.6 Å². The van der Waals surface area contributed by atoms with Gasteiger partial charge < -0.3 is 10.4 Å². The minimum atomic E-state index is -1.09. The topological polar surface area (TPSA) is 80.0 Å². The SMILES string of the molecule is Cc1ccc(F)cc1-n1nc(C(C)(C)C)cc1Nc1ncccc1C(=O)O. The molecule has 0 aliphatic carbocycles. The second-order valence-corrected chi connectivity index (χ2v) is 7.34. The second kappa shape index (κ2) is 6.83. The molecule has 0 aliphatic rings. The van der Waals surface area contributed by atoms with E-state index in [1.165, 1.54) is 24.4 Å². The summed E-state index contributed by atoms with van der Waals surface area (Å²) >= 11 is 0. The predicted octanol–water partition coefficient (Wildman–Crippen LogP) is 4.45. The maximum Gasteiger partial charge on any atom is 0.339 e. The molecule has 0 saturated heterocycles. The average molecular weight is 368 g/mol. The molecule has 0 spiro atoms. The first-order chi connectivity index (χ1) is 12.7. The summed E-state index contributed by atoms with van der Waals surface area (Å²) in [5.41, 5.74) is 1.98. The van der Waals surface area contributed by atoms with Crippen LogP contribution in [0.1, 0.15) is 42.4 Å². The fourth-order valence-electron chi connectivity index (χ4n) is 2.63.